The van der Waals surface area contributed by atoms with E-state index >= 15 is 0 Å². The van der Waals surface area contributed by atoms with E-state index in [2.05, 4.69) is 0 Å². The highest BCUT2D eigenvalue weighted by molar-refractivity contribution is 5.33. The summed E-state index contributed by atoms with van der Waals surface area (Å²) in [6.45, 7) is 0.200. The van der Waals surface area contributed by atoms with Crippen molar-refractivity contribution >= 4 is 0 Å². The van der Waals surface area contributed by atoms with Crippen LogP contribution in [0.5, 0.6) is 11.5 Å². The SMILES string of the molecule is COc1cccc(OCc2ccc(C(F)(F)F)cc2)c1. The third-order valence-corrected chi connectivity index (χ3v) is 2.73. The van der Waals surface area contributed by atoms with Crippen LogP contribution >= 0.6 is 0 Å². The molecule has 0 aliphatic rings. The summed E-state index contributed by atoms with van der Waals surface area (Å²) in [4.78, 5) is 0. The Balaban J connectivity index is 2.00. The Morgan fingerprint density at radius 1 is 0.950 bits per heavy atom. The molecule has 0 aliphatic carbocycles. The molecule has 106 valence electrons. The molecule has 0 bridgehead atoms. The molecule has 0 atom stereocenters. The minimum atomic E-state index is -4.31. The minimum absolute atomic E-state index is 0.200. The van der Waals surface area contributed by atoms with Crippen molar-refractivity contribution in [1.82, 2.24) is 0 Å². The summed E-state index contributed by atoms with van der Waals surface area (Å²) in [5.41, 5.74) is 0.00319. The molecular weight excluding hydrogens is 269 g/mol. The monoisotopic (exact) mass is 282 g/mol. The van der Waals surface area contributed by atoms with Crippen LogP contribution < -0.4 is 9.47 Å². The van der Waals surface area contributed by atoms with Crippen LogP contribution in [0.2, 0.25) is 0 Å². The van der Waals surface area contributed by atoms with Crippen LogP contribution in [0, 0.1) is 0 Å². The van der Waals surface area contributed by atoms with Gasteiger partial charge in [0.05, 0.1) is 12.7 Å². The van der Waals surface area contributed by atoms with Gasteiger partial charge in [-0.15, -0.1) is 0 Å². The summed E-state index contributed by atoms with van der Waals surface area (Å²) in [5.74, 6) is 1.26. The standard InChI is InChI=1S/C15H13F3O2/c1-19-13-3-2-4-14(9-13)20-10-11-5-7-12(8-6-11)15(16,17)18/h2-9H,10H2,1H3. The molecule has 2 nitrogen and oxygen atoms in total. The molecule has 0 heterocycles. The topological polar surface area (TPSA) is 18.5 Å². The molecular formula is C15H13F3O2. The molecule has 0 saturated heterocycles. The van der Waals surface area contributed by atoms with Crippen LogP contribution in [0.15, 0.2) is 48.5 Å². The van der Waals surface area contributed by atoms with Crippen LogP contribution in [-0.2, 0) is 12.8 Å². The van der Waals surface area contributed by atoms with Crippen LogP contribution in [-0.4, -0.2) is 7.11 Å². The van der Waals surface area contributed by atoms with Gasteiger partial charge in [-0.25, -0.2) is 0 Å². The number of hydrogen-bond donors (Lipinski definition) is 0. The van der Waals surface area contributed by atoms with Gasteiger partial charge in [0.15, 0.2) is 0 Å². The second-order valence-electron chi connectivity index (χ2n) is 4.16. The maximum atomic E-state index is 12.4. The van der Waals surface area contributed by atoms with E-state index in [-0.39, 0.29) is 6.61 Å². The van der Waals surface area contributed by atoms with E-state index in [1.54, 1.807) is 31.4 Å². The average Bonchev–Trinajstić information content (AvgIpc) is 2.45. The van der Waals surface area contributed by atoms with E-state index < -0.39 is 11.7 Å². The number of methoxy groups -OCH3 is 1. The Kier molecular flexibility index (Phi) is 4.17. The number of benzene rings is 2. The molecule has 0 fully saturated rings. The molecule has 0 saturated carbocycles. The van der Waals surface area contributed by atoms with Gasteiger partial charge in [0.2, 0.25) is 0 Å². The van der Waals surface area contributed by atoms with Gasteiger partial charge in [-0.05, 0) is 29.8 Å². The van der Waals surface area contributed by atoms with Gasteiger partial charge in [0.25, 0.3) is 0 Å². The highest BCUT2D eigenvalue weighted by Gasteiger charge is 2.29. The third-order valence-electron chi connectivity index (χ3n) is 2.73. The molecule has 2 rings (SSSR count). The lowest BCUT2D eigenvalue weighted by atomic mass is 10.1. The molecule has 0 aliphatic heterocycles. The van der Waals surface area contributed by atoms with Gasteiger partial charge >= 0.3 is 6.18 Å². The molecule has 5 heteroatoms. The van der Waals surface area contributed by atoms with Crippen molar-refractivity contribution in [1.29, 1.82) is 0 Å². The van der Waals surface area contributed by atoms with Gasteiger partial charge in [-0.2, -0.15) is 13.2 Å². The van der Waals surface area contributed by atoms with E-state index in [1.807, 2.05) is 0 Å². The first-order chi connectivity index (χ1) is 9.49. The smallest absolute Gasteiger partial charge is 0.416 e. The molecule has 2 aromatic rings. The average molecular weight is 282 g/mol. The van der Waals surface area contributed by atoms with Crippen molar-refractivity contribution in [3.05, 3.63) is 59.7 Å². The zero-order chi connectivity index (χ0) is 14.6. The number of ether oxygens (including phenoxy) is 2. The quantitative estimate of drug-likeness (QED) is 0.832. The van der Waals surface area contributed by atoms with E-state index in [9.17, 15) is 13.2 Å². The molecule has 0 N–H and O–H groups in total. The molecule has 0 spiro atoms. The molecule has 0 aromatic heterocycles. The fourth-order valence-corrected chi connectivity index (χ4v) is 1.65. The van der Waals surface area contributed by atoms with Crippen molar-refractivity contribution in [2.24, 2.45) is 0 Å². The summed E-state index contributed by atoms with van der Waals surface area (Å²) < 4.78 is 47.8. The Hall–Kier alpha value is -2.17. The maximum absolute atomic E-state index is 12.4. The Bertz CT molecular complexity index is 562. The van der Waals surface area contributed by atoms with Crippen LogP contribution in [0.25, 0.3) is 0 Å². The van der Waals surface area contributed by atoms with Crippen LogP contribution in [0.4, 0.5) is 13.2 Å². The summed E-state index contributed by atoms with van der Waals surface area (Å²) in [6.07, 6.45) is -4.31. The van der Waals surface area contributed by atoms with E-state index in [0.29, 0.717) is 17.1 Å². The summed E-state index contributed by atoms with van der Waals surface area (Å²) in [5, 5.41) is 0. The molecule has 0 radical (unpaired) electrons. The largest absolute Gasteiger partial charge is 0.497 e. The lowest BCUT2D eigenvalue weighted by molar-refractivity contribution is -0.137. The van der Waals surface area contributed by atoms with Crippen molar-refractivity contribution < 1.29 is 22.6 Å². The number of alkyl halides is 3. The fraction of sp³-hybridized carbons (Fsp3) is 0.200. The van der Waals surface area contributed by atoms with Gasteiger partial charge in [-0.3, -0.25) is 0 Å². The van der Waals surface area contributed by atoms with E-state index in [1.165, 1.54) is 12.1 Å². The number of hydrogen-bond acceptors (Lipinski definition) is 2. The van der Waals surface area contributed by atoms with Crippen LogP contribution in [0.1, 0.15) is 11.1 Å². The number of halogens is 3. The lowest BCUT2D eigenvalue weighted by Crippen LogP contribution is -2.05. The highest BCUT2D eigenvalue weighted by atomic mass is 19.4. The minimum Gasteiger partial charge on any atom is -0.497 e. The Morgan fingerprint density at radius 2 is 1.60 bits per heavy atom. The van der Waals surface area contributed by atoms with Crippen molar-refractivity contribution in [2.75, 3.05) is 7.11 Å². The molecule has 20 heavy (non-hydrogen) atoms. The summed E-state index contributed by atoms with van der Waals surface area (Å²) >= 11 is 0. The highest BCUT2D eigenvalue weighted by Crippen LogP contribution is 2.29. The molecule has 0 unspecified atom stereocenters. The summed E-state index contributed by atoms with van der Waals surface area (Å²) in [7, 11) is 1.55. The molecule has 0 amide bonds. The predicted molar refractivity (Wildman–Crippen MR) is 68.8 cm³/mol. The maximum Gasteiger partial charge on any atom is 0.416 e. The zero-order valence-corrected chi connectivity index (χ0v) is 10.8. The molecule has 2 aromatic carbocycles. The van der Waals surface area contributed by atoms with Crippen molar-refractivity contribution in [3.63, 3.8) is 0 Å². The Morgan fingerprint density at radius 3 is 2.20 bits per heavy atom. The van der Waals surface area contributed by atoms with E-state index in [0.717, 1.165) is 12.1 Å². The lowest BCUT2D eigenvalue weighted by Gasteiger charge is -2.09. The zero-order valence-electron chi connectivity index (χ0n) is 10.8. The first-order valence-electron chi connectivity index (χ1n) is 5.92. The predicted octanol–water partition coefficient (Wildman–Crippen LogP) is 4.29. The second-order valence-corrected chi connectivity index (χ2v) is 4.16. The van der Waals surface area contributed by atoms with Gasteiger partial charge in [0, 0.05) is 6.07 Å². The van der Waals surface area contributed by atoms with Crippen molar-refractivity contribution in [2.45, 2.75) is 12.8 Å². The van der Waals surface area contributed by atoms with Gasteiger partial charge in [0.1, 0.15) is 18.1 Å². The first kappa shape index (κ1) is 14.2. The van der Waals surface area contributed by atoms with E-state index in [4.69, 9.17) is 9.47 Å². The fourth-order valence-electron chi connectivity index (χ4n) is 1.65. The Labute approximate surface area is 114 Å². The number of rotatable bonds is 4. The normalized spacial score (nSPS) is 11.2. The second kappa shape index (κ2) is 5.86. The van der Waals surface area contributed by atoms with Gasteiger partial charge in [-0.1, -0.05) is 18.2 Å². The van der Waals surface area contributed by atoms with Crippen molar-refractivity contribution in [3.8, 4) is 11.5 Å². The summed E-state index contributed by atoms with van der Waals surface area (Å²) in [6, 6.07) is 11.9. The first-order valence-corrected chi connectivity index (χ1v) is 5.92. The third kappa shape index (κ3) is 3.66. The van der Waals surface area contributed by atoms with Crippen LogP contribution in [0.3, 0.4) is 0 Å². The van der Waals surface area contributed by atoms with Gasteiger partial charge < -0.3 is 9.47 Å².